The minimum atomic E-state index is -0.659. The molecule has 0 radical (unpaired) electrons. The first-order valence-corrected chi connectivity index (χ1v) is 13.6. The standard InChI is InChI=1S/C29H38Cl2N2O3/c1-5-25(28(35)32-20-12-7-6-8-13-20)33(18-21-23(30)15-11-16-24(21)31)27(34)19-36-26-17-10-9-14-22(26)29(2,3)4/h9-11,14-17,20,25H,5-8,12-13,18-19H2,1-4H3,(H,32,35)/t25-/m1/s1. The van der Waals surface area contributed by atoms with E-state index in [-0.39, 0.29) is 36.4 Å². The normalized spacial score (nSPS) is 15.3. The zero-order valence-corrected chi connectivity index (χ0v) is 23.3. The Balaban J connectivity index is 1.85. The second kappa shape index (κ2) is 12.8. The summed E-state index contributed by atoms with van der Waals surface area (Å²) in [6.07, 6.45) is 5.83. The highest BCUT2D eigenvalue weighted by atomic mass is 35.5. The van der Waals surface area contributed by atoms with Crippen LogP contribution in [0.3, 0.4) is 0 Å². The first kappa shape index (κ1) is 28.3. The summed E-state index contributed by atoms with van der Waals surface area (Å²) >= 11 is 12.9. The van der Waals surface area contributed by atoms with E-state index in [2.05, 4.69) is 26.1 Å². The molecule has 0 bridgehead atoms. The molecule has 1 fully saturated rings. The average Bonchev–Trinajstić information content (AvgIpc) is 2.84. The number of rotatable bonds is 9. The second-order valence-electron chi connectivity index (χ2n) is 10.5. The number of carbonyl (C=O) groups excluding carboxylic acids is 2. The zero-order valence-electron chi connectivity index (χ0n) is 21.8. The van der Waals surface area contributed by atoms with E-state index in [0.29, 0.717) is 27.8 Å². The van der Waals surface area contributed by atoms with Crippen LogP contribution in [0.4, 0.5) is 0 Å². The number of carbonyl (C=O) groups is 2. The molecule has 3 rings (SSSR count). The molecule has 0 aromatic heterocycles. The SMILES string of the molecule is CC[C@H](C(=O)NC1CCCCC1)N(Cc1c(Cl)cccc1Cl)C(=O)COc1ccccc1C(C)(C)C. The van der Waals surface area contributed by atoms with Gasteiger partial charge in [-0.15, -0.1) is 0 Å². The van der Waals surface area contributed by atoms with Crippen molar-refractivity contribution in [1.29, 1.82) is 0 Å². The molecule has 2 aromatic rings. The summed E-state index contributed by atoms with van der Waals surface area (Å²) in [5, 5.41) is 4.10. The fourth-order valence-electron chi connectivity index (χ4n) is 4.75. The predicted octanol–water partition coefficient (Wildman–Crippen LogP) is 6.93. The van der Waals surface area contributed by atoms with E-state index in [9.17, 15) is 9.59 Å². The fourth-order valence-corrected chi connectivity index (χ4v) is 5.27. The lowest BCUT2D eigenvalue weighted by Gasteiger charge is -2.33. The number of hydrogen-bond donors (Lipinski definition) is 1. The van der Waals surface area contributed by atoms with Gasteiger partial charge in [0.1, 0.15) is 11.8 Å². The minimum absolute atomic E-state index is 0.123. The molecule has 7 heteroatoms. The molecule has 0 aliphatic heterocycles. The number of amides is 2. The molecule has 0 heterocycles. The third-order valence-corrected chi connectivity index (χ3v) is 7.48. The van der Waals surface area contributed by atoms with E-state index in [1.165, 1.54) is 6.42 Å². The van der Waals surface area contributed by atoms with Crippen LogP contribution in [0.25, 0.3) is 0 Å². The molecule has 1 aliphatic carbocycles. The molecule has 1 atom stereocenters. The molecule has 0 unspecified atom stereocenters. The predicted molar refractivity (Wildman–Crippen MR) is 147 cm³/mol. The third kappa shape index (κ3) is 7.39. The molecular formula is C29H38Cl2N2O3. The molecule has 1 N–H and O–H groups in total. The van der Waals surface area contributed by atoms with E-state index < -0.39 is 6.04 Å². The highest BCUT2D eigenvalue weighted by Gasteiger charge is 2.32. The zero-order chi connectivity index (χ0) is 26.3. The summed E-state index contributed by atoms with van der Waals surface area (Å²) in [5.74, 6) is 0.227. The topological polar surface area (TPSA) is 58.6 Å². The number of ether oxygens (including phenoxy) is 1. The van der Waals surface area contributed by atoms with E-state index in [1.807, 2.05) is 31.2 Å². The smallest absolute Gasteiger partial charge is 0.261 e. The second-order valence-corrected chi connectivity index (χ2v) is 11.3. The van der Waals surface area contributed by atoms with Crippen LogP contribution in [0.1, 0.15) is 77.3 Å². The van der Waals surface area contributed by atoms with Crippen LogP contribution in [0.2, 0.25) is 10.0 Å². The van der Waals surface area contributed by atoms with Gasteiger partial charge in [0, 0.05) is 28.2 Å². The Morgan fingerprint density at radius 1 is 1.03 bits per heavy atom. The highest BCUT2D eigenvalue weighted by Crippen LogP contribution is 2.31. The van der Waals surface area contributed by atoms with Crippen molar-refractivity contribution >= 4 is 35.0 Å². The minimum Gasteiger partial charge on any atom is -0.483 e. The molecule has 1 aliphatic rings. The number of para-hydroxylation sites is 1. The van der Waals surface area contributed by atoms with Crippen molar-refractivity contribution in [3.8, 4) is 5.75 Å². The first-order chi connectivity index (χ1) is 17.1. The Morgan fingerprint density at radius 3 is 2.28 bits per heavy atom. The van der Waals surface area contributed by atoms with Crippen LogP contribution in [-0.2, 0) is 21.5 Å². The van der Waals surface area contributed by atoms with Gasteiger partial charge in [-0.3, -0.25) is 9.59 Å². The van der Waals surface area contributed by atoms with Gasteiger partial charge in [-0.2, -0.15) is 0 Å². The van der Waals surface area contributed by atoms with Crippen LogP contribution in [0.15, 0.2) is 42.5 Å². The largest absolute Gasteiger partial charge is 0.483 e. The van der Waals surface area contributed by atoms with E-state index in [1.54, 1.807) is 23.1 Å². The summed E-state index contributed by atoms with van der Waals surface area (Å²) in [6.45, 7) is 8.15. The number of benzene rings is 2. The van der Waals surface area contributed by atoms with Crippen molar-refractivity contribution < 1.29 is 14.3 Å². The number of halogens is 2. The molecule has 1 saturated carbocycles. The van der Waals surface area contributed by atoms with Gasteiger partial charge in [0.25, 0.3) is 5.91 Å². The lowest BCUT2D eigenvalue weighted by molar-refractivity contribution is -0.143. The molecule has 0 spiro atoms. The maximum Gasteiger partial charge on any atom is 0.261 e. The molecule has 2 aromatic carbocycles. The third-order valence-electron chi connectivity index (χ3n) is 6.77. The summed E-state index contributed by atoms with van der Waals surface area (Å²) in [4.78, 5) is 28.6. The number of nitrogens with one attached hydrogen (secondary N) is 1. The van der Waals surface area contributed by atoms with Crippen molar-refractivity contribution in [3.05, 3.63) is 63.6 Å². The van der Waals surface area contributed by atoms with E-state index >= 15 is 0 Å². The fraction of sp³-hybridized carbons (Fsp3) is 0.517. The molecule has 36 heavy (non-hydrogen) atoms. The molecular weight excluding hydrogens is 495 g/mol. The highest BCUT2D eigenvalue weighted by molar-refractivity contribution is 6.36. The lowest BCUT2D eigenvalue weighted by Crippen LogP contribution is -2.52. The summed E-state index contributed by atoms with van der Waals surface area (Å²) in [6, 6.07) is 12.5. The van der Waals surface area contributed by atoms with Crippen LogP contribution >= 0.6 is 23.2 Å². The van der Waals surface area contributed by atoms with Crippen molar-refractivity contribution in [2.45, 2.75) is 90.3 Å². The molecule has 2 amide bonds. The van der Waals surface area contributed by atoms with Gasteiger partial charge < -0.3 is 15.0 Å². The van der Waals surface area contributed by atoms with Crippen molar-refractivity contribution in [1.82, 2.24) is 10.2 Å². The maximum atomic E-state index is 13.6. The molecule has 196 valence electrons. The monoisotopic (exact) mass is 532 g/mol. The van der Waals surface area contributed by atoms with Crippen LogP contribution in [-0.4, -0.2) is 35.4 Å². The Kier molecular flexibility index (Phi) is 10.1. The van der Waals surface area contributed by atoms with Gasteiger partial charge in [-0.1, -0.05) is 94.4 Å². The van der Waals surface area contributed by atoms with Gasteiger partial charge in [0.2, 0.25) is 5.91 Å². The van der Waals surface area contributed by atoms with Gasteiger partial charge in [-0.25, -0.2) is 0 Å². The van der Waals surface area contributed by atoms with Gasteiger partial charge in [0.15, 0.2) is 6.61 Å². The summed E-state index contributed by atoms with van der Waals surface area (Å²) < 4.78 is 6.04. The molecule has 5 nitrogen and oxygen atoms in total. The van der Waals surface area contributed by atoms with Gasteiger partial charge >= 0.3 is 0 Å². The Morgan fingerprint density at radius 2 is 1.67 bits per heavy atom. The first-order valence-electron chi connectivity index (χ1n) is 12.9. The van der Waals surface area contributed by atoms with E-state index in [4.69, 9.17) is 27.9 Å². The van der Waals surface area contributed by atoms with Crippen LogP contribution in [0, 0.1) is 0 Å². The van der Waals surface area contributed by atoms with Crippen LogP contribution in [0.5, 0.6) is 5.75 Å². The number of hydrogen-bond acceptors (Lipinski definition) is 3. The van der Waals surface area contributed by atoms with Gasteiger partial charge in [0.05, 0.1) is 0 Å². The summed E-state index contributed by atoms with van der Waals surface area (Å²) in [5.41, 5.74) is 1.49. The molecule has 0 saturated heterocycles. The summed E-state index contributed by atoms with van der Waals surface area (Å²) in [7, 11) is 0. The van der Waals surface area contributed by atoms with Crippen molar-refractivity contribution in [3.63, 3.8) is 0 Å². The van der Waals surface area contributed by atoms with Crippen LogP contribution < -0.4 is 10.1 Å². The quantitative estimate of drug-likeness (QED) is 0.381. The van der Waals surface area contributed by atoms with Crippen molar-refractivity contribution in [2.24, 2.45) is 0 Å². The Bertz CT molecular complexity index is 1020. The van der Waals surface area contributed by atoms with Gasteiger partial charge in [-0.05, 0) is 48.4 Å². The van der Waals surface area contributed by atoms with Crippen molar-refractivity contribution in [2.75, 3.05) is 6.61 Å². The Labute approximate surface area is 225 Å². The Hall–Kier alpha value is -2.24. The average molecular weight is 534 g/mol. The lowest BCUT2D eigenvalue weighted by atomic mass is 9.86. The number of nitrogens with zero attached hydrogens (tertiary/aromatic N) is 1. The van der Waals surface area contributed by atoms with E-state index in [0.717, 1.165) is 31.2 Å². The maximum absolute atomic E-state index is 13.6.